The molecule has 3 nitrogen and oxygen atoms in total. The van der Waals surface area contributed by atoms with Crippen molar-refractivity contribution in [3.63, 3.8) is 0 Å². The molecule has 1 saturated carbocycles. The maximum Gasteiger partial charge on any atom is 0.0585 e. The Hall–Kier alpha value is -1.06. The topological polar surface area (TPSA) is 35.5 Å². The van der Waals surface area contributed by atoms with E-state index in [0.717, 1.165) is 19.5 Å². The van der Waals surface area contributed by atoms with E-state index in [1.807, 2.05) is 6.07 Å². The van der Waals surface area contributed by atoms with Gasteiger partial charge >= 0.3 is 0 Å². The van der Waals surface area contributed by atoms with Gasteiger partial charge in [-0.1, -0.05) is 18.2 Å². The summed E-state index contributed by atoms with van der Waals surface area (Å²) in [5, 5.41) is 12.9. The molecule has 1 aromatic rings. The Morgan fingerprint density at radius 2 is 2.06 bits per heavy atom. The van der Waals surface area contributed by atoms with Gasteiger partial charge in [0.2, 0.25) is 0 Å². The van der Waals surface area contributed by atoms with E-state index >= 15 is 0 Å². The van der Waals surface area contributed by atoms with Gasteiger partial charge in [0.25, 0.3) is 0 Å². The lowest BCUT2D eigenvalue weighted by Gasteiger charge is -2.25. The van der Waals surface area contributed by atoms with Crippen LogP contribution < -0.4 is 10.2 Å². The molecule has 1 aliphatic rings. The molecular formula is C15H24N2O. The third-order valence-electron chi connectivity index (χ3n) is 3.52. The Labute approximate surface area is 110 Å². The van der Waals surface area contributed by atoms with E-state index in [2.05, 4.69) is 41.4 Å². The fraction of sp³-hybridized carbons (Fsp3) is 0.600. The van der Waals surface area contributed by atoms with Crippen LogP contribution in [0.3, 0.4) is 0 Å². The third-order valence-corrected chi connectivity index (χ3v) is 3.52. The molecule has 2 rings (SSSR count). The molecule has 0 heterocycles. The zero-order valence-electron chi connectivity index (χ0n) is 11.2. The number of hydrogen-bond acceptors (Lipinski definition) is 3. The Balaban J connectivity index is 1.82. The number of para-hydroxylation sites is 1. The third kappa shape index (κ3) is 4.00. The van der Waals surface area contributed by atoms with E-state index in [1.165, 1.54) is 18.5 Å². The van der Waals surface area contributed by atoms with Gasteiger partial charge in [-0.15, -0.1) is 0 Å². The Kier molecular flexibility index (Phi) is 5.02. The lowest BCUT2D eigenvalue weighted by atomic mass is 10.2. The molecule has 1 aliphatic carbocycles. The number of nitrogens with one attached hydrogen (secondary N) is 1. The number of aliphatic hydroxyl groups is 1. The van der Waals surface area contributed by atoms with Crippen molar-refractivity contribution < 1.29 is 5.11 Å². The molecule has 0 saturated heterocycles. The minimum absolute atomic E-state index is 0.239. The molecule has 100 valence electrons. The normalized spacial score (nSPS) is 16.6. The van der Waals surface area contributed by atoms with Crippen LogP contribution in [0.1, 0.15) is 26.2 Å². The maximum atomic E-state index is 9.38. The zero-order chi connectivity index (χ0) is 12.8. The van der Waals surface area contributed by atoms with Crippen LogP contribution in [-0.2, 0) is 0 Å². The second kappa shape index (κ2) is 6.76. The molecule has 0 radical (unpaired) electrons. The van der Waals surface area contributed by atoms with E-state index in [9.17, 15) is 5.11 Å². The van der Waals surface area contributed by atoms with Gasteiger partial charge in [-0.25, -0.2) is 0 Å². The minimum atomic E-state index is 0.239. The second-order valence-corrected chi connectivity index (χ2v) is 5.02. The van der Waals surface area contributed by atoms with Crippen molar-refractivity contribution in [2.75, 3.05) is 24.6 Å². The number of aliphatic hydroxyl groups excluding tert-OH is 1. The van der Waals surface area contributed by atoms with E-state index < -0.39 is 0 Å². The minimum Gasteiger partial charge on any atom is -0.395 e. The lowest BCUT2D eigenvalue weighted by molar-refractivity contribution is 0.235. The van der Waals surface area contributed by atoms with Crippen molar-refractivity contribution >= 4 is 5.69 Å². The fourth-order valence-corrected chi connectivity index (χ4v) is 2.23. The van der Waals surface area contributed by atoms with Crippen molar-refractivity contribution in [3.05, 3.63) is 30.3 Å². The number of anilines is 1. The van der Waals surface area contributed by atoms with Crippen LogP contribution in [0.2, 0.25) is 0 Å². The zero-order valence-corrected chi connectivity index (χ0v) is 11.2. The molecule has 0 aliphatic heterocycles. The van der Waals surface area contributed by atoms with Crippen molar-refractivity contribution in [3.8, 4) is 0 Å². The van der Waals surface area contributed by atoms with Crippen LogP contribution in [0.25, 0.3) is 0 Å². The van der Waals surface area contributed by atoms with Crippen LogP contribution in [0.15, 0.2) is 30.3 Å². The van der Waals surface area contributed by atoms with Gasteiger partial charge in [0, 0.05) is 30.9 Å². The Bertz CT molecular complexity index is 338. The van der Waals surface area contributed by atoms with Gasteiger partial charge in [-0.3, -0.25) is 0 Å². The summed E-state index contributed by atoms with van der Waals surface area (Å²) in [7, 11) is 0. The first-order valence-corrected chi connectivity index (χ1v) is 7.00. The monoisotopic (exact) mass is 248 g/mol. The summed E-state index contributed by atoms with van der Waals surface area (Å²) in [4.78, 5) is 2.36. The summed E-state index contributed by atoms with van der Waals surface area (Å²) in [6.45, 7) is 4.41. The van der Waals surface area contributed by atoms with Crippen molar-refractivity contribution in [2.24, 2.45) is 0 Å². The SMILES string of the molecule is CCN(CCC(CO)NC1CC1)c1ccccc1. The largest absolute Gasteiger partial charge is 0.395 e. The molecular weight excluding hydrogens is 224 g/mol. The van der Waals surface area contributed by atoms with E-state index in [-0.39, 0.29) is 12.6 Å². The highest BCUT2D eigenvalue weighted by Gasteiger charge is 2.24. The summed E-state index contributed by atoms with van der Waals surface area (Å²) in [5.41, 5.74) is 1.27. The molecule has 1 atom stereocenters. The van der Waals surface area contributed by atoms with Crippen LogP contribution in [0.4, 0.5) is 5.69 Å². The summed E-state index contributed by atoms with van der Waals surface area (Å²) >= 11 is 0. The molecule has 3 heteroatoms. The maximum absolute atomic E-state index is 9.38. The quantitative estimate of drug-likeness (QED) is 0.739. The average molecular weight is 248 g/mol. The molecule has 18 heavy (non-hydrogen) atoms. The second-order valence-electron chi connectivity index (χ2n) is 5.02. The first-order valence-electron chi connectivity index (χ1n) is 7.00. The molecule has 1 fully saturated rings. The predicted molar refractivity (Wildman–Crippen MR) is 76.0 cm³/mol. The number of nitrogens with zero attached hydrogens (tertiary/aromatic N) is 1. The molecule has 1 aromatic carbocycles. The van der Waals surface area contributed by atoms with Gasteiger partial charge in [-0.2, -0.15) is 0 Å². The van der Waals surface area contributed by atoms with E-state index in [4.69, 9.17) is 0 Å². The van der Waals surface area contributed by atoms with E-state index in [1.54, 1.807) is 0 Å². The highest BCUT2D eigenvalue weighted by atomic mass is 16.3. The summed E-state index contributed by atoms with van der Waals surface area (Å²) < 4.78 is 0. The lowest BCUT2D eigenvalue weighted by Crippen LogP contribution is -2.38. The molecule has 0 amide bonds. The fourth-order valence-electron chi connectivity index (χ4n) is 2.23. The van der Waals surface area contributed by atoms with Gasteiger partial charge in [-0.05, 0) is 38.3 Å². The summed E-state index contributed by atoms with van der Waals surface area (Å²) in [6.07, 6.45) is 3.54. The highest BCUT2D eigenvalue weighted by molar-refractivity contribution is 5.45. The Morgan fingerprint density at radius 1 is 1.33 bits per heavy atom. The number of benzene rings is 1. The molecule has 0 bridgehead atoms. The van der Waals surface area contributed by atoms with Crippen molar-refractivity contribution in [2.45, 2.75) is 38.3 Å². The van der Waals surface area contributed by atoms with Crippen molar-refractivity contribution in [1.82, 2.24) is 5.32 Å². The molecule has 2 N–H and O–H groups in total. The Morgan fingerprint density at radius 3 is 2.61 bits per heavy atom. The van der Waals surface area contributed by atoms with Crippen LogP contribution >= 0.6 is 0 Å². The van der Waals surface area contributed by atoms with Gasteiger partial charge in [0.05, 0.1) is 6.61 Å². The summed E-state index contributed by atoms with van der Waals surface area (Å²) in [5.74, 6) is 0. The van der Waals surface area contributed by atoms with Crippen LogP contribution in [-0.4, -0.2) is 36.9 Å². The number of rotatable bonds is 8. The molecule has 0 spiro atoms. The number of hydrogen-bond donors (Lipinski definition) is 2. The molecule has 1 unspecified atom stereocenters. The molecule has 0 aromatic heterocycles. The first kappa shape index (κ1) is 13.4. The van der Waals surface area contributed by atoms with E-state index in [0.29, 0.717) is 6.04 Å². The van der Waals surface area contributed by atoms with Crippen LogP contribution in [0, 0.1) is 0 Å². The summed E-state index contributed by atoms with van der Waals surface area (Å²) in [6, 6.07) is 11.4. The first-order chi connectivity index (χ1) is 8.83. The van der Waals surface area contributed by atoms with Gasteiger partial charge in [0.1, 0.15) is 0 Å². The van der Waals surface area contributed by atoms with Crippen molar-refractivity contribution in [1.29, 1.82) is 0 Å². The standard InChI is InChI=1S/C15H24N2O/c1-2-17(15-6-4-3-5-7-15)11-10-14(12-18)16-13-8-9-13/h3-7,13-14,16,18H,2,8-12H2,1H3. The average Bonchev–Trinajstić information content (AvgIpc) is 3.23. The predicted octanol–water partition coefficient (Wildman–Crippen LogP) is 2.02. The van der Waals surface area contributed by atoms with Gasteiger partial charge < -0.3 is 15.3 Å². The van der Waals surface area contributed by atoms with Crippen LogP contribution in [0.5, 0.6) is 0 Å². The highest BCUT2D eigenvalue weighted by Crippen LogP contribution is 2.20. The smallest absolute Gasteiger partial charge is 0.0585 e. The van der Waals surface area contributed by atoms with Gasteiger partial charge in [0.15, 0.2) is 0 Å².